The lowest BCUT2D eigenvalue weighted by Crippen LogP contribution is -2.52. The van der Waals surface area contributed by atoms with Crippen LogP contribution < -0.4 is 16.0 Å². The molecule has 0 radical (unpaired) electrons. The monoisotopic (exact) mass is 623 g/mol. The Hall–Kier alpha value is -3.61. The maximum atomic E-state index is 13.2. The summed E-state index contributed by atoms with van der Waals surface area (Å²) in [5.41, 5.74) is 0.162. The highest BCUT2D eigenvalue weighted by Crippen LogP contribution is 2.12. The predicted octanol–water partition coefficient (Wildman–Crippen LogP) is 4.30. The normalized spacial score (nSPS) is 12.7. The van der Waals surface area contributed by atoms with E-state index in [1.54, 1.807) is 20.8 Å². The number of carbonyl (C=O) groups excluding carboxylic acids is 5. The zero-order valence-electron chi connectivity index (χ0n) is 26.6. The Morgan fingerprint density at radius 2 is 1.53 bits per heavy atom. The molecule has 0 bridgehead atoms. The fourth-order valence-electron chi connectivity index (χ4n) is 3.66. The van der Waals surface area contributed by atoms with E-state index in [1.807, 2.05) is 30.3 Å². The van der Waals surface area contributed by atoms with Crippen molar-refractivity contribution in [1.29, 1.82) is 0 Å². The Kier molecular flexibility index (Phi) is 16.4. The molecule has 0 unspecified atom stereocenters. The molecule has 3 N–H and O–H groups in total. The fourth-order valence-corrected chi connectivity index (χ4v) is 4.37. The summed E-state index contributed by atoms with van der Waals surface area (Å²) in [5, 5.41) is 7.79. The molecule has 13 heteroatoms. The molecule has 0 aromatic heterocycles. The van der Waals surface area contributed by atoms with Gasteiger partial charge in [-0.3, -0.25) is 9.59 Å². The maximum Gasteiger partial charge on any atom is 0.407 e. The van der Waals surface area contributed by atoms with E-state index in [4.69, 9.17) is 18.9 Å². The number of benzene rings is 1. The van der Waals surface area contributed by atoms with Crippen LogP contribution in [0.15, 0.2) is 30.3 Å². The van der Waals surface area contributed by atoms with Gasteiger partial charge < -0.3 is 34.9 Å². The number of ether oxygens (including phenoxy) is 4. The van der Waals surface area contributed by atoms with Gasteiger partial charge in [-0.05, 0) is 58.1 Å². The SMILES string of the molecule is COC(=O)[C@H](CCCCNC(=O)OCc1ccccc1)NC(=O)[C@H](CCC(=O)OC(C)(C)C)NC(=O)OCC[Si](C)(C)C. The summed E-state index contributed by atoms with van der Waals surface area (Å²) in [7, 11) is -0.240. The molecule has 0 saturated heterocycles. The Labute approximate surface area is 255 Å². The van der Waals surface area contributed by atoms with Gasteiger partial charge in [-0.2, -0.15) is 0 Å². The van der Waals surface area contributed by atoms with Crippen LogP contribution in [0, 0.1) is 0 Å². The number of unbranched alkanes of at least 4 members (excludes halogenated alkanes) is 1. The minimum atomic E-state index is -1.45. The van der Waals surface area contributed by atoms with Crippen molar-refractivity contribution in [2.75, 3.05) is 20.3 Å². The molecule has 43 heavy (non-hydrogen) atoms. The second-order valence-corrected chi connectivity index (χ2v) is 18.0. The molecule has 0 aliphatic heterocycles. The van der Waals surface area contributed by atoms with Gasteiger partial charge in [0.1, 0.15) is 24.3 Å². The number of hydrogen-bond acceptors (Lipinski definition) is 9. The first-order valence-electron chi connectivity index (χ1n) is 14.6. The second kappa shape index (κ2) is 18.8. The minimum absolute atomic E-state index is 0.0627. The molecule has 2 atom stereocenters. The van der Waals surface area contributed by atoms with Crippen molar-refractivity contribution in [2.24, 2.45) is 0 Å². The molecule has 1 aromatic carbocycles. The minimum Gasteiger partial charge on any atom is -0.467 e. The second-order valence-electron chi connectivity index (χ2n) is 12.3. The largest absolute Gasteiger partial charge is 0.467 e. The van der Waals surface area contributed by atoms with Crippen molar-refractivity contribution < 1.29 is 42.9 Å². The van der Waals surface area contributed by atoms with Crippen molar-refractivity contribution in [3.63, 3.8) is 0 Å². The molecular formula is C30H49N3O9Si. The van der Waals surface area contributed by atoms with Crippen LogP contribution in [0.5, 0.6) is 0 Å². The van der Waals surface area contributed by atoms with Crippen LogP contribution in [0.3, 0.4) is 0 Å². The van der Waals surface area contributed by atoms with E-state index in [0.29, 0.717) is 19.4 Å². The molecule has 1 rings (SSSR count). The highest BCUT2D eigenvalue weighted by Gasteiger charge is 2.29. The fraction of sp³-hybridized carbons (Fsp3) is 0.633. The third-order valence-corrected chi connectivity index (χ3v) is 7.66. The lowest BCUT2D eigenvalue weighted by Gasteiger charge is -2.23. The summed E-state index contributed by atoms with van der Waals surface area (Å²) in [6, 6.07) is 7.88. The number of rotatable bonds is 17. The number of carbonyl (C=O) groups is 5. The first-order chi connectivity index (χ1) is 20.1. The highest BCUT2D eigenvalue weighted by atomic mass is 28.3. The molecule has 3 amide bonds. The lowest BCUT2D eigenvalue weighted by molar-refractivity contribution is -0.155. The third-order valence-electron chi connectivity index (χ3n) is 5.95. The van der Waals surface area contributed by atoms with E-state index in [2.05, 4.69) is 35.6 Å². The van der Waals surface area contributed by atoms with Gasteiger partial charge in [-0.25, -0.2) is 14.4 Å². The summed E-state index contributed by atoms with van der Waals surface area (Å²) >= 11 is 0. The Bertz CT molecular complexity index is 1040. The van der Waals surface area contributed by atoms with Crippen LogP contribution in [0.25, 0.3) is 0 Å². The van der Waals surface area contributed by atoms with Crippen LogP contribution in [0.2, 0.25) is 25.7 Å². The first kappa shape index (κ1) is 37.4. The van der Waals surface area contributed by atoms with Gasteiger partial charge in [-0.1, -0.05) is 50.0 Å². The van der Waals surface area contributed by atoms with Gasteiger partial charge in [0.05, 0.1) is 13.7 Å². The number of methoxy groups -OCH3 is 1. The van der Waals surface area contributed by atoms with Crippen LogP contribution >= 0.6 is 0 Å². The average Bonchev–Trinajstić information content (AvgIpc) is 2.91. The molecule has 12 nitrogen and oxygen atoms in total. The summed E-state index contributed by atoms with van der Waals surface area (Å²) in [4.78, 5) is 62.3. The number of alkyl carbamates (subject to hydrolysis) is 2. The van der Waals surface area contributed by atoms with E-state index >= 15 is 0 Å². The molecule has 0 aliphatic carbocycles. The van der Waals surface area contributed by atoms with E-state index in [9.17, 15) is 24.0 Å². The molecule has 0 spiro atoms. The van der Waals surface area contributed by atoms with Gasteiger partial charge in [0, 0.05) is 21.0 Å². The van der Waals surface area contributed by atoms with Crippen molar-refractivity contribution in [3.8, 4) is 0 Å². The zero-order chi connectivity index (χ0) is 32.5. The molecule has 0 heterocycles. The van der Waals surface area contributed by atoms with E-state index in [0.717, 1.165) is 11.6 Å². The summed E-state index contributed by atoms with van der Waals surface area (Å²) in [6.07, 6.45) is -0.355. The summed E-state index contributed by atoms with van der Waals surface area (Å²) in [6.45, 7) is 12.3. The molecule has 1 aromatic rings. The van der Waals surface area contributed by atoms with Crippen LogP contribution in [0.4, 0.5) is 9.59 Å². The average molecular weight is 624 g/mol. The van der Waals surface area contributed by atoms with Crippen molar-refractivity contribution >= 4 is 38.1 Å². The Morgan fingerprint density at radius 1 is 0.860 bits per heavy atom. The summed E-state index contributed by atoms with van der Waals surface area (Å²) < 4.78 is 20.6. The topological polar surface area (TPSA) is 158 Å². The Balaban J connectivity index is 2.68. The maximum absolute atomic E-state index is 13.2. The number of hydrogen-bond donors (Lipinski definition) is 3. The number of amides is 3. The molecule has 0 fully saturated rings. The van der Waals surface area contributed by atoms with Gasteiger partial charge in [0.2, 0.25) is 5.91 Å². The molecule has 242 valence electrons. The van der Waals surface area contributed by atoms with E-state index < -0.39 is 55.8 Å². The van der Waals surface area contributed by atoms with Gasteiger partial charge in [0.25, 0.3) is 0 Å². The van der Waals surface area contributed by atoms with Gasteiger partial charge in [0.15, 0.2) is 0 Å². The van der Waals surface area contributed by atoms with Crippen molar-refractivity contribution in [2.45, 2.75) is 103 Å². The van der Waals surface area contributed by atoms with Crippen molar-refractivity contribution in [3.05, 3.63) is 35.9 Å². The molecule has 0 saturated carbocycles. The number of nitrogens with one attached hydrogen (secondary N) is 3. The number of esters is 2. The summed E-state index contributed by atoms with van der Waals surface area (Å²) in [5.74, 6) is -1.85. The van der Waals surface area contributed by atoms with Crippen LogP contribution in [-0.2, 0) is 39.9 Å². The predicted molar refractivity (Wildman–Crippen MR) is 164 cm³/mol. The lowest BCUT2D eigenvalue weighted by atomic mass is 10.1. The first-order valence-corrected chi connectivity index (χ1v) is 18.3. The van der Waals surface area contributed by atoms with E-state index in [-0.39, 0.29) is 32.5 Å². The van der Waals surface area contributed by atoms with Crippen LogP contribution in [0.1, 0.15) is 58.4 Å². The molecular weight excluding hydrogens is 574 g/mol. The smallest absolute Gasteiger partial charge is 0.407 e. The molecule has 0 aliphatic rings. The quantitative estimate of drug-likeness (QED) is 0.0996. The standard InChI is InChI=1S/C30H49N3O9Si/c1-30(2,3)42-25(34)17-16-23(33-29(38)40-19-20-43(5,6)7)26(35)32-24(27(36)39-4)15-11-12-18-31-28(37)41-21-22-13-9-8-10-14-22/h8-10,13-14,23-24H,11-12,15-21H2,1-7H3,(H,31,37)(H,32,35)(H,33,38)/t23-,24-/m0/s1. The third kappa shape index (κ3) is 18.5. The van der Waals surface area contributed by atoms with E-state index in [1.165, 1.54) is 7.11 Å². The van der Waals surface area contributed by atoms with Gasteiger partial charge >= 0.3 is 24.1 Å². The highest BCUT2D eigenvalue weighted by molar-refractivity contribution is 6.76. The Morgan fingerprint density at radius 3 is 2.14 bits per heavy atom. The van der Waals surface area contributed by atoms with Crippen LogP contribution in [-0.4, -0.2) is 76.1 Å². The van der Waals surface area contributed by atoms with Gasteiger partial charge in [-0.15, -0.1) is 0 Å². The zero-order valence-corrected chi connectivity index (χ0v) is 27.6. The van der Waals surface area contributed by atoms with Crippen molar-refractivity contribution in [1.82, 2.24) is 16.0 Å².